The van der Waals surface area contributed by atoms with Crippen molar-refractivity contribution in [3.63, 3.8) is 0 Å². The van der Waals surface area contributed by atoms with Gasteiger partial charge in [-0.25, -0.2) is 0 Å². The normalized spacial score (nSPS) is 43.4. The van der Waals surface area contributed by atoms with E-state index in [1.54, 1.807) is 6.92 Å². The molecule has 0 aromatic carbocycles. The Morgan fingerprint density at radius 3 is 2.17 bits per heavy atom. The molecule has 1 fully saturated rings. The van der Waals surface area contributed by atoms with Crippen LogP contribution in [0.1, 0.15) is 34.1 Å². The molecule has 0 aromatic heterocycles. The van der Waals surface area contributed by atoms with E-state index in [0.717, 1.165) is 6.42 Å². The van der Waals surface area contributed by atoms with E-state index in [1.165, 1.54) is 0 Å². The van der Waals surface area contributed by atoms with Gasteiger partial charge in [-0.15, -0.1) is 0 Å². The summed E-state index contributed by atoms with van der Waals surface area (Å²) in [6.07, 6.45) is 1.00. The van der Waals surface area contributed by atoms with Crippen LogP contribution < -0.4 is 0 Å². The number of likely N-dealkylation sites (N-methyl/N-ethyl adjacent to an activating group) is 1. The highest BCUT2D eigenvalue weighted by Gasteiger charge is 2.45. The zero-order valence-electron chi connectivity index (χ0n) is 8.72. The van der Waals surface area contributed by atoms with E-state index in [0.29, 0.717) is 17.7 Å². The van der Waals surface area contributed by atoms with Crippen molar-refractivity contribution in [2.24, 2.45) is 5.92 Å². The number of ketones is 1. The molecule has 2 nitrogen and oxygen atoms in total. The van der Waals surface area contributed by atoms with Crippen LogP contribution in [0, 0.1) is 5.92 Å². The summed E-state index contributed by atoms with van der Waals surface area (Å²) in [4.78, 5) is 13.6. The highest BCUT2D eigenvalue weighted by Crippen LogP contribution is 2.36. The third kappa shape index (κ3) is 1.18. The molecule has 1 rings (SSSR count). The zero-order valence-corrected chi connectivity index (χ0v) is 8.72. The van der Waals surface area contributed by atoms with Gasteiger partial charge < -0.3 is 0 Å². The number of carbonyl (C=O) groups is 1. The summed E-state index contributed by atoms with van der Waals surface area (Å²) in [6.45, 7) is 8.16. The minimum Gasteiger partial charge on any atom is -0.298 e. The van der Waals surface area contributed by atoms with Gasteiger partial charge in [0.15, 0.2) is 0 Å². The summed E-state index contributed by atoms with van der Waals surface area (Å²) in [5.41, 5.74) is -0.209. The number of nitrogens with zero attached hydrogens (tertiary/aromatic N) is 1. The Labute approximate surface area is 74.9 Å². The van der Waals surface area contributed by atoms with Crippen LogP contribution >= 0.6 is 0 Å². The van der Waals surface area contributed by atoms with E-state index >= 15 is 0 Å². The Kier molecular flexibility index (Phi) is 2.30. The first-order valence-corrected chi connectivity index (χ1v) is 4.63. The van der Waals surface area contributed by atoms with Crippen LogP contribution in [-0.4, -0.2) is 29.3 Å². The van der Waals surface area contributed by atoms with Crippen molar-refractivity contribution in [3.05, 3.63) is 0 Å². The lowest BCUT2D eigenvalue weighted by Crippen LogP contribution is -2.46. The van der Waals surface area contributed by atoms with Crippen LogP contribution in [0.4, 0.5) is 0 Å². The predicted octanol–water partition coefficient (Wildman–Crippen LogP) is 1.69. The minimum absolute atomic E-state index is 0.209. The molecule has 0 saturated carbocycles. The number of rotatable bonds is 1. The van der Waals surface area contributed by atoms with Gasteiger partial charge in [-0.3, -0.25) is 9.69 Å². The molecule has 12 heavy (non-hydrogen) atoms. The van der Waals surface area contributed by atoms with Gasteiger partial charge in [0.2, 0.25) is 0 Å². The minimum atomic E-state index is -0.209. The van der Waals surface area contributed by atoms with Crippen LogP contribution in [0.2, 0.25) is 0 Å². The van der Waals surface area contributed by atoms with E-state index < -0.39 is 0 Å². The van der Waals surface area contributed by atoms with Crippen molar-refractivity contribution in [3.8, 4) is 0 Å². The summed E-state index contributed by atoms with van der Waals surface area (Å²) in [5.74, 6) is 0.921. The van der Waals surface area contributed by atoms with Crippen molar-refractivity contribution in [2.75, 3.05) is 7.05 Å². The van der Waals surface area contributed by atoms with Crippen molar-refractivity contribution >= 4 is 5.78 Å². The van der Waals surface area contributed by atoms with Gasteiger partial charge in [-0.1, -0.05) is 6.92 Å². The maximum Gasteiger partial charge on any atom is 0.149 e. The van der Waals surface area contributed by atoms with Crippen LogP contribution in [0.3, 0.4) is 0 Å². The van der Waals surface area contributed by atoms with E-state index in [-0.39, 0.29) is 5.54 Å². The molecule has 0 radical (unpaired) electrons. The second-order valence-corrected chi connectivity index (χ2v) is 4.36. The molecule has 0 spiro atoms. The number of Topliss-reactive ketones (excluding diaryl/α,β-unsaturated/α-hetero) is 1. The van der Waals surface area contributed by atoms with Crippen LogP contribution in [-0.2, 0) is 4.79 Å². The third-order valence-corrected chi connectivity index (χ3v) is 3.69. The quantitative estimate of drug-likeness (QED) is 0.595. The standard InChI is InChI=1S/C10H19NO/c1-7-6-10(4,9(3)12)11(5)8(7)2/h7-8H,6H2,1-5H3. The highest BCUT2D eigenvalue weighted by atomic mass is 16.1. The summed E-state index contributed by atoms with van der Waals surface area (Å²) in [5, 5.41) is 0. The van der Waals surface area contributed by atoms with Gasteiger partial charge in [0, 0.05) is 6.04 Å². The fourth-order valence-corrected chi connectivity index (χ4v) is 2.16. The summed E-state index contributed by atoms with van der Waals surface area (Å²) < 4.78 is 0. The summed E-state index contributed by atoms with van der Waals surface area (Å²) in [7, 11) is 2.05. The van der Waals surface area contributed by atoms with Gasteiger partial charge in [-0.05, 0) is 40.2 Å². The molecule has 1 aliphatic heterocycles. The Morgan fingerprint density at radius 2 is 2.00 bits per heavy atom. The van der Waals surface area contributed by atoms with Crippen molar-refractivity contribution in [1.29, 1.82) is 0 Å². The van der Waals surface area contributed by atoms with Gasteiger partial charge in [0.05, 0.1) is 5.54 Å². The monoisotopic (exact) mass is 169 g/mol. The molecule has 70 valence electrons. The topological polar surface area (TPSA) is 20.3 Å². The lowest BCUT2D eigenvalue weighted by Gasteiger charge is -2.31. The molecule has 0 N–H and O–H groups in total. The van der Waals surface area contributed by atoms with Crippen molar-refractivity contribution in [2.45, 2.75) is 45.7 Å². The SMILES string of the molecule is CC(=O)C1(C)CC(C)C(C)N1C. The lowest BCUT2D eigenvalue weighted by atomic mass is 9.91. The molecule has 2 heteroatoms. The van der Waals surface area contributed by atoms with Crippen LogP contribution in [0.15, 0.2) is 0 Å². The van der Waals surface area contributed by atoms with Gasteiger partial charge in [0.1, 0.15) is 5.78 Å². The Balaban J connectivity index is 2.89. The summed E-state index contributed by atoms with van der Waals surface area (Å²) in [6, 6.07) is 0.527. The molecule has 0 bridgehead atoms. The first-order valence-electron chi connectivity index (χ1n) is 4.63. The molecular formula is C10H19NO. The predicted molar refractivity (Wildman–Crippen MR) is 50.1 cm³/mol. The third-order valence-electron chi connectivity index (χ3n) is 3.69. The highest BCUT2D eigenvalue weighted by molar-refractivity contribution is 5.86. The van der Waals surface area contributed by atoms with Gasteiger partial charge >= 0.3 is 0 Å². The molecule has 0 aliphatic carbocycles. The van der Waals surface area contributed by atoms with Crippen LogP contribution in [0.5, 0.6) is 0 Å². The lowest BCUT2D eigenvalue weighted by molar-refractivity contribution is -0.126. The molecule has 1 saturated heterocycles. The Morgan fingerprint density at radius 1 is 1.50 bits per heavy atom. The number of likely N-dealkylation sites (tertiary alicyclic amines) is 1. The second-order valence-electron chi connectivity index (χ2n) is 4.36. The fourth-order valence-electron chi connectivity index (χ4n) is 2.16. The maximum absolute atomic E-state index is 11.4. The average molecular weight is 169 g/mol. The Hall–Kier alpha value is -0.370. The van der Waals surface area contributed by atoms with E-state index in [1.807, 2.05) is 0 Å². The molecule has 3 unspecified atom stereocenters. The molecule has 1 aliphatic rings. The van der Waals surface area contributed by atoms with E-state index in [4.69, 9.17) is 0 Å². The van der Waals surface area contributed by atoms with E-state index in [9.17, 15) is 4.79 Å². The number of hydrogen-bond donors (Lipinski definition) is 0. The van der Waals surface area contributed by atoms with Gasteiger partial charge in [0.25, 0.3) is 0 Å². The first kappa shape index (κ1) is 9.72. The van der Waals surface area contributed by atoms with Crippen molar-refractivity contribution in [1.82, 2.24) is 4.90 Å². The summed E-state index contributed by atoms with van der Waals surface area (Å²) >= 11 is 0. The molecular weight excluding hydrogens is 150 g/mol. The Bertz CT molecular complexity index is 202. The first-order chi connectivity index (χ1) is 5.39. The molecule has 1 heterocycles. The molecule has 0 aromatic rings. The largest absolute Gasteiger partial charge is 0.298 e. The second kappa shape index (κ2) is 2.84. The number of hydrogen-bond acceptors (Lipinski definition) is 2. The maximum atomic E-state index is 11.4. The van der Waals surface area contributed by atoms with Gasteiger partial charge in [-0.2, -0.15) is 0 Å². The molecule has 0 amide bonds. The van der Waals surface area contributed by atoms with Crippen molar-refractivity contribution < 1.29 is 4.79 Å². The van der Waals surface area contributed by atoms with Crippen LogP contribution in [0.25, 0.3) is 0 Å². The fraction of sp³-hybridized carbons (Fsp3) is 0.900. The zero-order chi connectivity index (χ0) is 9.52. The van der Waals surface area contributed by atoms with E-state index in [2.05, 4.69) is 32.7 Å². The number of carbonyl (C=O) groups excluding carboxylic acids is 1. The molecule has 3 atom stereocenters. The average Bonchev–Trinajstić information content (AvgIpc) is 2.17. The smallest absolute Gasteiger partial charge is 0.149 e.